The van der Waals surface area contributed by atoms with Crippen LogP contribution in [0.2, 0.25) is 0 Å². The molecule has 0 amide bonds. The van der Waals surface area contributed by atoms with Gasteiger partial charge in [0.25, 0.3) is 0 Å². The van der Waals surface area contributed by atoms with E-state index in [1.807, 2.05) is 60.7 Å². The Kier molecular flexibility index (Phi) is 6.39. The van der Waals surface area contributed by atoms with Gasteiger partial charge in [0.15, 0.2) is 14.8 Å². The normalized spacial score (nSPS) is 11.1. The minimum Gasteiger partial charge on any atom is -0.347 e. The molecule has 0 radical (unpaired) electrons. The summed E-state index contributed by atoms with van der Waals surface area (Å²) in [5, 5.41) is 0. The third-order valence-electron chi connectivity index (χ3n) is 2.78. The molecule has 2 aromatic carbocycles. The Hall–Kier alpha value is -1.54. The van der Waals surface area contributed by atoms with E-state index < -0.39 is 6.29 Å². The lowest BCUT2D eigenvalue weighted by atomic mass is 10.2. The quantitative estimate of drug-likeness (QED) is 0.543. The fourth-order valence-electron chi connectivity index (χ4n) is 1.74. The van der Waals surface area contributed by atoms with Crippen molar-refractivity contribution in [2.45, 2.75) is 19.5 Å². The summed E-state index contributed by atoms with van der Waals surface area (Å²) in [7, 11) is 0.0266. The summed E-state index contributed by atoms with van der Waals surface area (Å²) >= 11 is 0. The Morgan fingerprint density at radius 3 is 1.65 bits per heavy atom. The number of hydrogen-bond donors (Lipinski definition) is 0. The van der Waals surface area contributed by atoms with Crippen molar-refractivity contribution >= 4 is 8.46 Å². The van der Waals surface area contributed by atoms with Crippen molar-refractivity contribution in [3.05, 3.63) is 71.8 Å². The second-order valence-electron chi connectivity index (χ2n) is 4.33. The van der Waals surface area contributed by atoms with Crippen LogP contribution in [-0.4, -0.2) is 12.5 Å². The summed E-state index contributed by atoms with van der Waals surface area (Å²) in [5.41, 5.74) is 2.15. The van der Waals surface area contributed by atoms with Crippen LogP contribution in [0, 0.1) is 0 Å². The smallest absolute Gasteiger partial charge is 0.169 e. The molecule has 20 heavy (non-hydrogen) atoms. The topological polar surface area (TPSA) is 35.5 Å². The Labute approximate surface area is 120 Å². The van der Waals surface area contributed by atoms with E-state index in [1.165, 1.54) is 0 Å². The van der Waals surface area contributed by atoms with Gasteiger partial charge in [-0.2, -0.15) is 0 Å². The zero-order chi connectivity index (χ0) is 14.0. The number of ether oxygens (including phenoxy) is 2. The van der Waals surface area contributed by atoms with Crippen molar-refractivity contribution in [2.75, 3.05) is 6.16 Å². The van der Waals surface area contributed by atoms with Gasteiger partial charge in [-0.25, -0.2) is 0 Å². The molecule has 0 aliphatic heterocycles. The number of hydrogen-bond acceptors (Lipinski definition) is 3. The predicted molar refractivity (Wildman–Crippen MR) is 78.7 cm³/mol. The molecular weight excluding hydrogens is 271 g/mol. The highest BCUT2D eigenvalue weighted by molar-refractivity contribution is 7.23. The van der Waals surface area contributed by atoms with Crippen molar-refractivity contribution in [1.82, 2.24) is 0 Å². The average Bonchev–Trinajstić information content (AvgIpc) is 2.52. The van der Waals surface area contributed by atoms with E-state index in [1.54, 1.807) is 0 Å². The van der Waals surface area contributed by atoms with Gasteiger partial charge in [0, 0.05) is 0 Å². The number of rotatable bonds is 8. The van der Waals surface area contributed by atoms with Crippen molar-refractivity contribution in [3.63, 3.8) is 0 Å². The highest BCUT2D eigenvalue weighted by atomic mass is 31.1. The van der Waals surface area contributed by atoms with Gasteiger partial charge < -0.3 is 9.47 Å². The second-order valence-corrected chi connectivity index (χ2v) is 4.96. The molecule has 0 saturated heterocycles. The van der Waals surface area contributed by atoms with E-state index in [2.05, 4.69) is 0 Å². The predicted octanol–water partition coefficient (Wildman–Crippen LogP) is 4.04. The van der Waals surface area contributed by atoms with Crippen LogP contribution in [0.5, 0.6) is 0 Å². The molecule has 2 rings (SSSR count). The summed E-state index contributed by atoms with van der Waals surface area (Å²) in [6.45, 7) is 0.908. The van der Waals surface area contributed by atoms with Crippen LogP contribution in [0.25, 0.3) is 0 Å². The summed E-state index contributed by atoms with van der Waals surface area (Å²) in [5.74, 6) is 0. The Bertz CT molecular complexity index is 458. The molecule has 0 saturated carbocycles. The fourth-order valence-corrected chi connectivity index (χ4v) is 2.07. The van der Waals surface area contributed by atoms with Crippen molar-refractivity contribution in [3.8, 4) is 0 Å². The van der Waals surface area contributed by atoms with Crippen LogP contribution < -0.4 is 0 Å². The van der Waals surface area contributed by atoms with E-state index in [0.717, 1.165) is 11.1 Å². The Morgan fingerprint density at radius 1 is 0.800 bits per heavy atom. The summed E-state index contributed by atoms with van der Waals surface area (Å²) < 4.78 is 22.1. The molecule has 0 bridgehead atoms. The van der Waals surface area contributed by atoms with Crippen LogP contribution in [-0.2, 0) is 27.3 Å². The molecule has 0 N–H and O–H groups in total. The standard InChI is InChI=1S/C16H17O3P/c17-20-13-16(18-11-14-7-3-1-4-8-14)19-12-15-9-5-2-6-10-15/h1-10,16H,11-13H2. The monoisotopic (exact) mass is 288 g/mol. The highest BCUT2D eigenvalue weighted by Gasteiger charge is 2.10. The summed E-state index contributed by atoms with van der Waals surface area (Å²) in [6, 6.07) is 19.7. The van der Waals surface area contributed by atoms with Crippen LogP contribution >= 0.6 is 8.46 Å². The maximum Gasteiger partial charge on any atom is 0.169 e. The zero-order valence-electron chi connectivity index (χ0n) is 11.1. The molecular formula is C16H17O3P. The van der Waals surface area contributed by atoms with E-state index in [4.69, 9.17) is 9.47 Å². The van der Waals surface area contributed by atoms with Gasteiger partial charge in [-0.15, -0.1) is 0 Å². The van der Waals surface area contributed by atoms with Crippen LogP contribution in [0.1, 0.15) is 11.1 Å². The van der Waals surface area contributed by atoms with Gasteiger partial charge in [-0.05, 0) is 11.1 Å². The van der Waals surface area contributed by atoms with Gasteiger partial charge in [0.1, 0.15) is 0 Å². The summed E-state index contributed by atoms with van der Waals surface area (Å²) in [6.07, 6.45) is -0.130. The first-order valence-electron chi connectivity index (χ1n) is 6.48. The lowest BCUT2D eigenvalue weighted by Gasteiger charge is -2.16. The maximum absolute atomic E-state index is 10.8. The van der Waals surface area contributed by atoms with Gasteiger partial charge in [0.2, 0.25) is 0 Å². The van der Waals surface area contributed by atoms with Crippen molar-refractivity contribution in [1.29, 1.82) is 0 Å². The SMILES string of the molecule is O=PCC(OCc1ccccc1)OCc1ccccc1. The third kappa shape index (κ3) is 5.22. The molecule has 0 heterocycles. The Morgan fingerprint density at radius 2 is 1.25 bits per heavy atom. The van der Waals surface area contributed by atoms with Crippen LogP contribution in [0.3, 0.4) is 0 Å². The molecule has 4 heteroatoms. The van der Waals surface area contributed by atoms with Gasteiger partial charge in [-0.3, -0.25) is 4.57 Å². The molecule has 2 aromatic rings. The molecule has 3 nitrogen and oxygen atoms in total. The minimum absolute atomic E-state index is 0.0266. The molecule has 0 atom stereocenters. The largest absolute Gasteiger partial charge is 0.347 e. The zero-order valence-corrected chi connectivity index (χ0v) is 12.0. The van der Waals surface area contributed by atoms with Crippen LogP contribution in [0.4, 0.5) is 0 Å². The highest BCUT2D eigenvalue weighted by Crippen LogP contribution is 2.11. The fraction of sp³-hybridized carbons (Fsp3) is 0.250. The molecule has 0 unspecified atom stereocenters. The lowest BCUT2D eigenvalue weighted by molar-refractivity contribution is -0.142. The maximum atomic E-state index is 10.8. The van der Waals surface area contributed by atoms with Gasteiger partial charge in [0.05, 0.1) is 19.4 Å². The first-order valence-corrected chi connectivity index (χ1v) is 7.48. The van der Waals surface area contributed by atoms with Crippen molar-refractivity contribution < 1.29 is 14.0 Å². The number of benzene rings is 2. The van der Waals surface area contributed by atoms with E-state index in [0.29, 0.717) is 19.4 Å². The molecule has 0 spiro atoms. The molecule has 104 valence electrons. The van der Waals surface area contributed by atoms with Crippen LogP contribution in [0.15, 0.2) is 60.7 Å². The van der Waals surface area contributed by atoms with Gasteiger partial charge >= 0.3 is 0 Å². The van der Waals surface area contributed by atoms with E-state index in [-0.39, 0.29) is 8.46 Å². The molecule has 0 aliphatic carbocycles. The molecule has 0 fully saturated rings. The first-order chi connectivity index (χ1) is 9.88. The minimum atomic E-state index is -0.463. The lowest BCUT2D eigenvalue weighted by Crippen LogP contribution is -2.19. The van der Waals surface area contributed by atoms with E-state index in [9.17, 15) is 4.57 Å². The second kappa shape index (κ2) is 8.60. The third-order valence-corrected chi connectivity index (χ3v) is 3.23. The molecule has 0 aromatic heterocycles. The van der Waals surface area contributed by atoms with Crippen molar-refractivity contribution in [2.24, 2.45) is 0 Å². The Balaban J connectivity index is 1.82. The molecule has 0 aliphatic rings. The first kappa shape index (κ1) is 14.9. The summed E-state index contributed by atoms with van der Waals surface area (Å²) in [4.78, 5) is 0. The van der Waals surface area contributed by atoms with Gasteiger partial charge in [-0.1, -0.05) is 60.7 Å². The van der Waals surface area contributed by atoms with E-state index >= 15 is 0 Å². The average molecular weight is 288 g/mol.